The molecule has 0 saturated carbocycles. The van der Waals surface area contributed by atoms with Crippen LogP contribution in [0.5, 0.6) is 0 Å². The van der Waals surface area contributed by atoms with E-state index >= 15 is 0 Å². The van der Waals surface area contributed by atoms with Crippen molar-refractivity contribution in [1.82, 2.24) is 5.32 Å². The predicted molar refractivity (Wildman–Crippen MR) is 61.3 cm³/mol. The highest BCUT2D eigenvalue weighted by Crippen LogP contribution is 2.06. The first-order valence-corrected chi connectivity index (χ1v) is 4.95. The number of alkyl carbamates (subject to hydrolysis) is 1. The molecule has 0 rings (SSSR count). The first kappa shape index (κ1) is 12.7. The lowest BCUT2D eigenvalue weighted by molar-refractivity contribution is 0.0522. The van der Waals surface area contributed by atoms with Gasteiger partial charge in [0.05, 0.1) is 28.9 Å². The molecule has 0 aliphatic heterocycles. The summed E-state index contributed by atoms with van der Waals surface area (Å²) in [6.07, 6.45) is 1.21. The van der Waals surface area contributed by atoms with Crippen LogP contribution >= 0.6 is 22.9 Å². The van der Waals surface area contributed by atoms with Gasteiger partial charge >= 0.3 is 6.09 Å². The maximum absolute atomic E-state index is 11.1. The van der Waals surface area contributed by atoms with Crippen molar-refractivity contribution >= 4 is 35.2 Å². The second-order valence-corrected chi connectivity index (χ2v) is 4.24. The average molecular weight is 298 g/mol. The fraction of sp³-hybridized carbons (Fsp3) is 0.750. The van der Waals surface area contributed by atoms with Gasteiger partial charge in [0.2, 0.25) is 0 Å². The van der Waals surface area contributed by atoms with Crippen LogP contribution in [0.25, 0.3) is 0 Å². The van der Waals surface area contributed by atoms with E-state index in [1.54, 1.807) is 6.21 Å². The molecule has 0 saturated heterocycles. The van der Waals surface area contributed by atoms with Gasteiger partial charge in [0, 0.05) is 6.21 Å². The molecule has 0 aromatic carbocycles. The van der Waals surface area contributed by atoms with Gasteiger partial charge in [-0.2, -0.15) is 0 Å². The number of amides is 1. The van der Waals surface area contributed by atoms with Crippen molar-refractivity contribution in [2.75, 3.05) is 0 Å². The number of ether oxygens (including phenoxy) is 1. The highest BCUT2D eigenvalue weighted by atomic mass is 127. The minimum atomic E-state index is -0.453. The summed E-state index contributed by atoms with van der Waals surface area (Å²) in [6, 6.07) is -0.105. The summed E-state index contributed by atoms with van der Waals surface area (Å²) in [5.41, 5.74) is -0.453. The Morgan fingerprint density at radius 3 is 2.54 bits per heavy atom. The van der Waals surface area contributed by atoms with E-state index in [0.29, 0.717) is 0 Å². The van der Waals surface area contributed by atoms with Crippen molar-refractivity contribution in [1.29, 1.82) is 0 Å². The Bertz CT molecular complexity index is 199. The number of nitrogens with one attached hydrogen (secondary N) is 1. The number of hydrogen-bond acceptors (Lipinski definition) is 3. The summed E-state index contributed by atoms with van der Waals surface area (Å²) in [5, 5.41) is 2.62. The molecule has 0 unspecified atom stereocenters. The molecule has 0 radical (unpaired) electrons. The van der Waals surface area contributed by atoms with E-state index in [0.717, 1.165) is 0 Å². The molecule has 0 fully saturated rings. The van der Waals surface area contributed by atoms with E-state index in [-0.39, 0.29) is 6.04 Å². The summed E-state index contributed by atoms with van der Waals surface area (Å²) in [7, 11) is 0. The Balaban J connectivity index is 3.88. The molecule has 0 heterocycles. The molecule has 1 amide bonds. The third-order valence-electron chi connectivity index (χ3n) is 1.02. The van der Waals surface area contributed by atoms with Gasteiger partial charge < -0.3 is 10.1 Å². The zero-order valence-electron chi connectivity index (χ0n) is 8.30. The molecule has 0 aliphatic carbocycles. The molecule has 5 heteroatoms. The van der Waals surface area contributed by atoms with Gasteiger partial charge in [-0.05, 0) is 27.7 Å². The second kappa shape index (κ2) is 5.41. The number of carbonyl (C=O) groups is 1. The smallest absolute Gasteiger partial charge is 0.408 e. The van der Waals surface area contributed by atoms with Crippen LogP contribution in [0.2, 0.25) is 0 Å². The van der Waals surface area contributed by atoms with Crippen molar-refractivity contribution < 1.29 is 9.53 Å². The number of nitrogens with zero attached hydrogens (tertiary/aromatic N) is 1. The number of rotatable bonds is 2. The summed E-state index contributed by atoms with van der Waals surface area (Å²) in [6.45, 7) is 7.29. The average Bonchev–Trinajstić information content (AvgIpc) is 1.81. The van der Waals surface area contributed by atoms with Crippen LogP contribution in [0, 0.1) is 0 Å². The topological polar surface area (TPSA) is 50.7 Å². The fourth-order valence-electron chi connectivity index (χ4n) is 0.615. The standard InChI is InChI=1S/C8H15IN2O2/c1-6(5-10-9)11-7(12)13-8(2,3)4/h5-6H,1-4H3,(H,11,12)/t6-/m0/s1. The van der Waals surface area contributed by atoms with Crippen molar-refractivity contribution in [2.45, 2.75) is 39.3 Å². The molecule has 76 valence electrons. The highest BCUT2D eigenvalue weighted by Gasteiger charge is 2.16. The van der Waals surface area contributed by atoms with Gasteiger partial charge in [0.15, 0.2) is 0 Å². The molecule has 13 heavy (non-hydrogen) atoms. The lowest BCUT2D eigenvalue weighted by atomic mass is 10.2. The normalized spacial score (nSPS) is 14.2. The van der Waals surface area contributed by atoms with E-state index in [4.69, 9.17) is 4.74 Å². The fourth-order valence-corrected chi connectivity index (χ4v) is 1.10. The monoisotopic (exact) mass is 298 g/mol. The van der Waals surface area contributed by atoms with E-state index in [1.807, 2.05) is 50.6 Å². The third-order valence-corrected chi connectivity index (χ3v) is 1.35. The van der Waals surface area contributed by atoms with Crippen molar-refractivity contribution in [3.05, 3.63) is 0 Å². The van der Waals surface area contributed by atoms with Crippen LogP contribution in [-0.2, 0) is 4.74 Å². The van der Waals surface area contributed by atoms with Gasteiger partial charge in [0.25, 0.3) is 0 Å². The van der Waals surface area contributed by atoms with Crippen molar-refractivity contribution in [2.24, 2.45) is 3.21 Å². The van der Waals surface area contributed by atoms with Crippen LogP contribution < -0.4 is 5.32 Å². The summed E-state index contributed by atoms with van der Waals surface area (Å²) in [5.74, 6) is 0. The van der Waals surface area contributed by atoms with Crippen LogP contribution in [0.1, 0.15) is 27.7 Å². The third kappa shape index (κ3) is 8.01. The summed E-state index contributed by atoms with van der Waals surface area (Å²) < 4.78 is 8.80. The Morgan fingerprint density at radius 1 is 1.62 bits per heavy atom. The molecule has 1 atom stereocenters. The van der Waals surface area contributed by atoms with Crippen LogP contribution in [0.15, 0.2) is 3.21 Å². The molecule has 0 aromatic rings. The van der Waals surface area contributed by atoms with Crippen LogP contribution in [0.4, 0.5) is 4.79 Å². The van der Waals surface area contributed by atoms with Crippen LogP contribution in [0.3, 0.4) is 0 Å². The molecule has 0 spiro atoms. The minimum Gasteiger partial charge on any atom is -0.444 e. The summed E-state index contributed by atoms with van der Waals surface area (Å²) in [4.78, 5) is 11.1. The number of carbonyl (C=O) groups excluding carboxylic acids is 1. The number of halogens is 1. The van der Waals surface area contributed by atoms with Gasteiger partial charge in [0.1, 0.15) is 5.60 Å². The second-order valence-electron chi connectivity index (χ2n) is 3.68. The lowest BCUT2D eigenvalue weighted by Crippen LogP contribution is -2.38. The Morgan fingerprint density at radius 2 is 2.15 bits per heavy atom. The van der Waals surface area contributed by atoms with Gasteiger partial charge in [-0.3, -0.25) is 0 Å². The largest absolute Gasteiger partial charge is 0.444 e. The zero-order chi connectivity index (χ0) is 10.5. The Kier molecular flexibility index (Phi) is 5.27. The minimum absolute atomic E-state index is 0.105. The maximum atomic E-state index is 11.1. The molecule has 1 N–H and O–H groups in total. The lowest BCUT2D eigenvalue weighted by Gasteiger charge is -2.20. The van der Waals surface area contributed by atoms with E-state index < -0.39 is 11.7 Å². The van der Waals surface area contributed by atoms with E-state index in [9.17, 15) is 4.79 Å². The van der Waals surface area contributed by atoms with Crippen molar-refractivity contribution in [3.8, 4) is 0 Å². The Hall–Kier alpha value is -0.330. The van der Waals surface area contributed by atoms with E-state index in [2.05, 4.69) is 8.52 Å². The maximum Gasteiger partial charge on any atom is 0.408 e. The SMILES string of the molecule is C[C@@H](C=NI)NC(=O)OC(C)(C)C. The van der Waals surface area contributed by atoms with Gasteiger partial charge in [-0.25, -0.2) is 8.00 Å². The zero-order valence-corrected chi connectivity index (χ0v) is 10.5. The first-order chi connectivity index (χ1) is 5.85. The van der Waals surface area contributed by atoms with Gasteiger partial charge in [-0.15, -0.1) is 0 Å². The molecule has 4 nitrogen and oxygen atoms in total. The number of hydrogen-bond donors (Lipinski definition) is 1. The molecule has 0 aromatic heterocycles. The van der Waals surface area contributed by atoms with E-state index in [1.165, 1.54) is 0 Å². The highest BCUT2D eigenvalue weighted by molar-refractivity contribution is 14.1. The quantitative estimate of drug-likeness (QED) is 0.628. The Labute approximate surface area is 92.6 Å². The predicted octanol–water partition coefficient (Wildman–Crippen LogP) is 2.32. The summed E-state index contributed by atoms with van der Waals surface area (Å²) >= 11 is 1.85. The molecular weight excluding hydrogens is 283 g/mol. The van der Waals surface area contributed by atoms with Gasteiger partial charge in [-0.1, -0.05) is 0 Å². The molecular formula is C8H15IN2O2. The van der Waals surface area contributed by atoms with Crippen LogP contribution in [-0.4, -0.2) is 24.0 Å². The molecule has 0 bridgehead atoms. The first-order valence-electron chi connectivity index (χ1n) is 3.99. The molecule has 0 aliphatic rings. The van der Waals surface area contributed by atoms with Crippen molar-refractivity contribution in [3.63, 3.8) is 0 Å².